The van der Waals surface area contributed by atoms with Gasteiger partial charge in [-0.1, -0.05) is 37.5 Å². The van der Waals surface area contributed by atoms with Gasteiger partial charge in [0.15, 0.2) is 0 Å². The summed E-state index contributed by atoms with van der Waals surface area (Å²) in [5.74, 6) is 2.56. The summed E-state index contributed by atoms with van der Waals surface area (Å²) in [6.07, 6.45) is 8.10. The van der Waals surface area contributed by atoms with Gasteiger partial charge in [0.05, 0.1) is 6.61 Å². The second-order valence-corrected chi connectivity index (χ2v) is 6.04. The lowest BCUT2D eigenvalue weighted by Crippen LogP contribution is -2.16. The Morgan fingerprint density at radius 1 is 1.05 bits per heavy atom. The van der Waals surface area contributed by atoms with Crippen LogP contribution in [0.1, 0.15) is 50.0 Å². The summed E-state index contributed by atoms with van der Waals surface area (Å²) in [6.45, 7) is 3.14. The van der Waals surface area contributed by atoms with Gasteiger partial charge in [-0.25, -0.2) is 0 Å². The molecule has 0 aromatic heterocycles. The zero-order chi connectivity index (χ0) is 12.9. The molecule has 1 saturated heterocycles. The van der Waals surface area contributed by atoms with Gasteiger partial charge < -0.3 is 10.1 Å². The Bertz CT molecular complexity index is 398. The number of benzene rings is 1. The SMILES string of the molecule is Cl.c1ccc(C2CCCCC2)c(OC[C@H]2CCNC2)c1. The van der Waals surface area contributed by atoms with Crippen molar-refractivity contribution in [2.75, 3.05) is 19.7 Å². The van der Waals surface area contributed by atoms with Crippen molar-refractivity contribution >= 4 is 12.4 Å². The third kappa shape index (κ3) is 3.89. The molecule has 2 fully saturated rings. The Hall–Kier alpha value is -0.730. The summed E-state index contributed by atoms with van der Waals surface area (Å²) in [5, 5.41) is 3.41. The molecule has 1 saturated carbocycles. The lowest BCUT2D eigenvalue weighted by atomic mass is 9.84. The van der Waals surface area contributed by atoms with E-state index in [4.69, 9.17) is 4.74 Å². The monoisotopic (exact) mass is 295 g/mol. The summed E-state index contributed by atoms with van der Waals surface area (Å²) in [6, 6.07) is 8.70. The summed E-state index contributed by atoms with van der Waals surface area (Å²) in [7, 11) is 0. The first kappa shape index (κ1) is 15.7. The molecule has 20 heavy (non-hydrogen) atoms. The van der Waals surface area contributed by atoms with Crippen LogP contribution in [-0.4, -0.2) is 19.7 Å². The van der Waals surface area contributed by atoms with Crippen molar-refractivity contribution in [3.8, 4) is 5.75 Å². The van der Waals surface area contributed by atoms with Crippen LogP contribution >= 0.6 is 12.4 Å². The number of rotatable bonds is 4. The van der Waals surface area contributed by atoms with Crippen LogP contribution in [0.3, 0.4) is 0 Å². The van der Waals surface area contributed by atoms with E-state index in [1.165, 1.54) is 44.1 Å². The fourth-order valence-corrected chi connectivity index (χ4v) is 3.43. The van der Waals surface area contributed by atoms with Crippen molar-refractivity contribution in [3.05, 3.63) is 29.8 Å². The van der Waals surface area contributed by atoms with E-state index < -0.39 is 0 Å². The van der Waals surface area contributed by atoms with E-state index in [2.05, 4.69) is 29.6 Å². The quantitative estimate of drug-likeness (QED) is 0.901. The molecule has 0 spiro atoms. The maximum Gasteiger partial charge on any atom is 0.122 e. The number of halogens is 1. The maximum atomic E-state index is 6.13. The molecular formula is C17H26ClNO. The Labute approximate surface area is 128 Å². The number of hydrogen-bond donors (Lipinski definition) is 1. The predicted molar refractivity (Wildman–Crippen MR) is 86.0 cm³/mol. The highest BCUT2D eigenvalue weighted by atomic mass is 35.5. The van der Waals surface area contributed by atoms with Gasteiger partial charge in [-0.05, 0) is 43.4 Å². The van der Waals surface area contributed by atoms with Crippen molar-refractivity contribution in [2.24, 2.45) is 5.92 Å². The van der Waals surface area contributed by atoms with Crippen LogP contribution in [0.4, 0.5) is 0 Å². The molecule has 1 atom stereocenters. The summed E-state index contributed by atoms with van der Waals surface area (Å²) in [5.41, 5.74) is 1.45. The molecule has 2 aliphatic rings. The molecule has 1 heterocycles. The average Bonchev–Trinajstić information content (AvgIpc) is 3.00. The van der Waals surface area contributed by atoms with Crippen molar-refractivity contribution < 1.29 is 4.74 Å². The summed E-state index contributed by atoms with van der Waals surface area (Å²) >= 11 is 0. The van der Waals surface area contributed by atoms with Crippen LogP contribution in [0.2, 0.25) is 0 Å². The fourth-order valence-electron chi connectivity index (χ4n) is 3.43. The van der Waals surface area contributed by atoms with E-state index in [1.54, 1.807) is 0 Å². The minimum atomic E-state index is 0. The second kappa shape index (κ2) is 7.90. The second-order valence-electron chi connectivity index (χ2n) is 6.04. The van der Waals surface area contributed by atoms with Gasteiger partial charge >= 0.3 is 0 Å². The minimum Gasteiger partial charge on any atom is -0.493 e. The third-order valence-corrected chi connectivity index (χ3v) is 4.60. The third-order valence-electron chi connectivity index (χ3n) is 4.60. The minimum absolute atomic E-state index is 0. The van der Waals surface area contributed by atoms with E-state index in [1.807, 2.05) is 0 Å². The molecular weight excluding hydrogens is 270 g/mol. The normalized spacial score (nSPS) is 23.3. The van der Waals surface area contributed by atoms with Crippen LogP contribution in [-0.2, 0) is 0 Å². The highest BCUT2D eigenvalue weighted by molar-refractivity contribution is 5.85. The molecule has 1 aliphatic heterocycles. The molecule has 1 aromatic carbocycles. The lowest BCUT2D eigenvalue weighted by Gasteiger charge is -2.24. The average molecular weight is 296 g/mol. The lowest BCUT2D eigenvalue weighted by molar-refractivity contribution is 0.254. The fraction of sp³-hybridized carbons (Fsp3) is 0.647. The van der Waals surface area contributed by atoms with Gasteiger partial charge in [0.2, 0.25) is 0 Å². The molecule has 0 radical (unpaired) electrons. The zero-order valence-electron chi connectivity index (χ0n) is 12.1. The highest BCUT2D eigenvalue weighted by Gasteiger charge is 2.20. The van der Waals surface area contributed by atoms with Crippen LogP contribution in [0.15, 0.2) is 24.3 Å². The molecule has 3 heteroatoms. The van der Waals surface area contributed by atoms with E-state index >= 15 is 0 Å². The van der Waals surface area contributed by atoms with Gasteiger partial charge in [0.25, 0.3) is 0 Å². The van der Waals surface area contributed by atoms with Crippen LogP contribution < -0.4 is 10.1 Å². The number of ether oxygens (including phenoxy) is 1. The molecule has 112 valence electrons. The van der Waals surface area contributed by atoms with E-state index in [0.717, 1.165) is 31.4 Å². The Morgan fingerprint density at radius 2 is 1.85 bits per heavy atom. The summed E-state index contributed by atoms with van der Waals surface area (Å²) in [4.78, 5) is 0. The topological polar surface area (TPSA) is 21.3 Å². The highest BCUT2D eigenvalue weighted by Crippen LogP contribution is 2.37. The van der Waals surface area contributed by atoms with E-state index in [9.17, 15) is 0 Å². The Kier molecular flexibility index (Phi) is 6.18. The van der Waals surface area contributed by atoms with Gasteiger partial charge in [-0.2, -0.15) is 0 Å². The first-order valence-electron chi connectivity index (χ1n) is 7.86. The molecule has 1 N–H and O–H groups in total. The molecule has 0 unspecified atom stereocenters. The molecule has 2 nitrogen and oxygen atoms in total. The van der Waals surface area contributed by atoms with E-state index in [0.29, 0.717) is 5.92 Å². The number of nitrogens with one attached hydrogen (secondary N) is 1. The van der Waals surface area contributed by atoms with Gasteiger partial charge in [0.1, 0.15) is 5.75 Å². The smallest absolute Gasteiger partial charge is 0.122 e. The Balaban J connectivity index is 0.00000147. The molecule has 1 aliphatic carbocycles. The predicted octanol–water partition coefficient (Wildman–Crippen LogP) is 4.14. The first-order valence-corrected chi connectivity index (χ1v) is 7.86. The van der Waals surface area contributed by atoms with Crippen LogP contribution in [0.25, 0.3) is 0 Å². The summed E-state index contributed by atoms with van der Waals surface area (Å²) < 4.78 is 6.13. The largest absolute Gasteiger partial charge is 0.493 e. The number of hydrogen-bond acceptors (Lipinski definition) is 2. The zero-order valence-corrected chi connectivity index (χ0v) is 13.0. The van der Waals surface area contributed by atoms with Crippen LogP contribution in [0.5, 0.6) is 5.75 Å². The van der Waals surface area contributed by atoms with Gasteiger partial charge in [-0.15, -0.1) is 12.4 Å². The first-order chi connectivity index (χ1) is 9.43. The van der Waals surface area contributed by atoms with Gasteiger partial charge in [-0.3, -0.25) is 0 Å². The van der Waals surface area contributed by atoms with Gasteiger partial charge in [0, 0.05) is 12.5 Å². The van der Waals surface area contributed by atoms with Crippen molar-refractivity contribution in [1.82, 2.24) is 5.32 Å². The maximum absolute atomic E-state index is 6.13. The standard InChI is InChI=1S/C17H25NO.ClH/c1-2-6-15(7-3-1)16-8-4-5-9-17(16)19-13-14-10-11-18-12-14;/h4-5,8-9,14-15,18H,1-3,6-7,10-13H2;1H/t14-;/m0./s1. The molecule has 1 aromatic rings. The molecule has 3 rings (SSSR count). The van der Waals surface area contributed by atoms with Crippen molar-refractivity contribution in [1.29, 1.82) is 0 Å². The molecule has 0 amide bonds. The molecule has 0 bridgehead atoms. The van der Waals surface area contributed by atoms with Crippen molar-refractivity contribution in [3.63, 3.8) is 0 Å². The van der Waals surface area contributed by atoms with E-state index in [-0.39, 0.29) is 12.4 Å². The van der Waals surface area contributed by atoms with Crippen LogP contribution in [0, 0.1) is 5.92 Å². The number of para-hydroxylation sites is 1. The Morgan fingerprint density at radius 3 is 2.60 bits per heavy atom. The van der Waals surface area contributed by atoms with Crippen molar-refractivity contribution in [2.45, 2.75) is 44.4 Å².